The van der Waals surface area contributed by atoms with Gasteiger partial charge in [-0.2, -0.15) is 0 Å². The van der Waals surface area contributed by atoms with E-state index in [1.54, 1.807) is 5.46 Å². The molecular formula is C20H15B. The molecule has 2 heterocycles. The van der Waals surface area contributed by atoms with Crippen LogP contribution in [0.5, 0.6) is 0 Å². The Hall–Kier alpha value is -2.28. The van der Waals surface area contributed by atoms with Crippen molar-refractivity contribution < 1.29 is 0 Å². The van der Waals surface area contributed by atoms with Crippen LogP contribution >= 0.6 is 0 Å². The van der Waals surface area contributed by atoms with Crippen LogP contribution in [0.3, 0.4) is 0 Å². The van der Waals surface area contributed by atoms with E-state index in [-0.39, 0.29) is 0 Å². The molecule has 0 saturated carbocycles. The minimum absolute atomic E-state index is 0.640. The first kappa shape index (κ1) is 11.4. The molecule has 0 fully saturated rings. The van der Waals surface area contributed by atoms with E-state index in [2.05, 4.69) is 66.7 Å². The summed E-state index contributed by atoms with van der Waals surface area (Å²) >= 11 is 0. The fraction of sp³-hybridized carbons (Fsp3) is 0.100. The summed E-state index contributed by atoms with van der Waals surface area (Å²) in [5.41, 5.74) is 10.4. The normalized spacial score (nSPS) is 14.2. The lowest BCUT2D eigenvalue weighted by atomic mass is 9.33. The van der Waals surface area contributed by atoms with E-state index in [0.717, 1.165) is 0 Å². The quantitative estimate of drug-likeness (QED) is 0.541. The molecule has 0 aromatic heterocycles. The van der Waals surface area contributed by atoms with Crippen LogP contribution in [0.25, 0.3) is 22.3 Å². The molecule has 0 aliphatic carbocycles. The fourth-order valence-electron chi connectivity index (χ4n) is 4.20. The lowest BCUT2D eigenvalue weighted by Gasteiger charge is -2.32. The van der Waals surface area contributed by atoms with Crippen LogP contribution in [-0.4, -0.2) is 6.71 Å². The Kier molecular flexibility index (Phi) is 2.23. The Morgan fingerprint density at radius 2 is 1.00 bits per heavy atom. The second kappa shape index (κ2) is 4.11. The molecule has 2 aliphatic rings. The Balaban J connectivity index is 1.86. The van der Waals surface area contributed by atoms with Crippen molar-refractivity contribution in [2.45, 2.75) is 12.6 Å². The van der Waals surface area contributed by atoms with Crippen molar-refractivity contribution in [3.63, 3.8) is 0 Å². The topological polar surface area (TPSA) is 0 Å². The second-order valence-corrected chi connectivity index (χ2v) is 6.19. The molecule has 0 bridgehead atoms. The van der Waals surface area contributed by atoms with Gasteiger partial charge in [-0.1, -0.05) is 72.2 Å². The van der Waals surface area contributed by atoms with E-state index < -0.39 is 0 Å². The van der Waals surface area contributed by atoms with Gasteiger partial charge >= 0.3 is 0 Å². The maximum atomic E-state index is 2.30. The van der Waals surface area contributed by atoms with E-state index in [9.17, 15) is 0 Å². The van der Waals surface area contributed by atoms with Crippen LogP contribution in [0, 0.1) is 0 Å². The molecular weight excluding hydrogens is 251 g/mol. The summed E-state index contributed by atoms with van der Waals surface area (Å²) < 4.78 is 0. The molecule has 0 saturated heterocycles. The standard InChI is InChI=1S/C20H15B/c1-3-8-16-14(6-1)12-21-13-15-7-2-4-9-17(15)19-11-5-10-18(16)20(19)21/h1-11H,12-13H2. The number of hydrogen-bond donors (Lipinski definition) is 0. The molecule has 2 aliphatic heterocycles. The summed E-state index contributed by atoms with van der Waals surface area (Å²) in [5, 5.41) is 0. The zero-order valence-corrected chi connectivity index (χ0v) is 11.8. The van der Waals surface area contributed by atoms with Crippen LogP contribution in [0.15, 0.2) is 66.7 Å². The molecule has 0 spiro atoms. The van der Waals surface area contributed by atoms with Crippen molar-refractivity contribution in [1.29, 1.82) is 0 Å². The van der Waals surface area contributed by atoms with E-state index in [1.165, 1.54) is 46.0 Å². The molecule has 0 radical (unpaired) electrons. The Labute approximate surface area is 125 Å². The van der Waals surface area contributed by atoms with E-state index >= 15 is 0 Å². The van der Waals surface area contributed by atoms with E-state index in [1.807, 2.05) is 0 Å². The van der Waals surface area contributed by atoms with Crippen molar-refractivity contribution in [2.24, 2.45) is 0 Å². The maximum absolute atomic E-state index is 2.30. The van der Waals surface area contributed by atoms with Crippen LogP contribution in [0.2, 0.25) is 0 Å². The number of rotatable bonds is 0. The fourth-order valence-corrected chi connectivity index (χ4v) is 4.20. The average molecular weight is 266 g/mol. The van der Waals surface area contributed by atoms with Crippen LogP contribution < -0.4 is 5.46 Å². The number of hydrogen-bond acceptors (Lipinski definition) is 0. The van der Waals surface area contributed by atoms with Crippen molar-refractivity contribution in [3.8, 4) is 22.3 Å². The van der Waals surface area contributed by atoms with Gasteiger partial charge in [0.2, 0.25) is 0 Å². The molecule has 98 valence electrons. The van der Waals surface area contributed by atoms with Crippen LogP contribution in [0.4, 0.5) is 0 Å². The number of benzene rings is 3. The van der Waals surface area contributed by atoms with Crippen molar-refractivity contribution in [3.05, 3.63) is 77.9 Å². The van der Waals surface area contributed by atoms with Gasteiger partial charge in [0.05, 0.1) is 0 Å². The third-order valence-corrected chi connectivity index (χ3v) is 5.06. The van der Waals surface area contributed by atoms with Crippen molar-refractivity contribution >= 4 is 12.2 Å². The predicted octanol–water partition coefficient (Wildman–Crippen LogP) is 3.91. The van der Waals surface area contributed by atoms with Gasteiger partial charge in [-0.25, -0.2) is 0 Å². The summed E-state index contributed by atoms with van der Waals surface area (Å²) in [6.45, 7) is 0.640. The molecule has 21 heavy (non-hydrogen) atoms. The lowest BCUT2D eigenvalue weighted by molar-refractivity contribution is 1.24. The van der Waals surface area contributed by atoms with Gasteiger partial charge in [-0.3, -0.25) is 0 Å². The first-order valence-corrected chi connectivity index (χ1v) is 7.71. The minimum Gasteiger partial charge on any atom is -0.0640 e. The summed E-state index contributed by atoms with van der Waals surface area (Å²) in [6.07, 6.45) is 2.35. The second-order valence-electron chi connectivity index (χ2n) is 6.19. The largest absolute Gasteiger partial charge is 0.186 e. The highest BCUT2D eigenvalue weighted by atomic mass is 14.2. The van der Waals surface area contributed by atoms with Gasteiger partial charge in [0.25, 0.3) is 0 Å². The molecule has 5 rings (SSSR count). The Morgan fingerprint density at radius 1 is 0.524 bits per heavy atom. The molecule has 0 nitrogen and oxygen atoms in total. The van der Waals surface area contributed by atoms with E-state index in [0.29, 0.717) is 6.71 Å². The molecule has 0 N–H and O–H groups in total. The zero-order valence-electron chi connectivity index (χ0n) is 11.8. The Bertz CT molecular complexity index is 795. The molecule has 0 amide bonds. The van der Waals surface area contributed by atoms with Crippen LogP contribution in [-0.2, 0) is 12.6 Å². The first-order valence-electron chi connectivity index (χ1n) is 7.71. The zero-order chi connectivity index (χ0) is 13.8. The lowest BCUT2D eigenvalue weighted by Crippen LogP contribution is -2.43. The van der Waals surface area contributed by atoms with Crippen molar-refractivity contribution in [1.82, 2.24) is 0 Å². The molecule has 0 atom stereocenters. The monoisotopic (exact) mass is 266 g/mol. The summed E-state index contributed by atoms with van der Waals surface area (Å²) in [4.78, 5) is 0. The molecule has 3 aromatic carbocycles. The molecule has 0 unspecified atom stereocenters. The van der Waals surface area contributed by atoms with E-state index in [4.69, 9.17) is 0 Å². The highest BCUT2D eigenvalue weighted by molar-refractivity contribution is 6.76. The number of fused-ring (bicyclic) bond motifs is 4. The highest BCUT2D eigenvalue weighted by Crippen LogP contribution is 2.37. The van der Waals surface area contributed by atoms with Gasteiger partial charge in [0, 0.05) is 0 Å². The van der Waals surface area contributed by atoms with Gasteiger partial charge < -0.3 is 0 Å². The van der Waals surface area contributed by atoms with Gasteiger partial charge in [-0.15, -0.1) is 0 Å². The summed E-state index contributed by atoms with van der Waals surface area (Å²) in [5.74, 6) is 0. The third kappa shape index (κ3) is 1.52. The molecule has 3 aromatic rings. The first-order chi connectivity index (χ1) is 10.4. The Morgan fingerprint density at radius 3 is 1.57 bits per heavy atom. The SMILES string of the molecule is c1ccc2c(c1)CB1Cc3ccccc3-c3cccc-2c31. The molecule has 1 heteroatoms. The van der Waals surface area contributed by atoms with Gasteiger partial charge in [0.1, 0.15) is 0 Å². The smallest absolute Gasteiger partial charge is 0.0640 e. The predicted molar refractivity (Wildman–Crippen MR) is 90.1 cm³/mol. The van der Waals surface area contributed by atoms with Gasteiger partial charge in [-0.05, 0) is 46.0 Å². The van der Waals surface area contributed by atoms with Gasteiger partial charge in [0.15, 0.2) is 6.71 Å². The van der Waals surface area contributed by atoms with Crippen LogP contribution in [0.1, 0.15) is 11.1 Å². The summed E-state index contributed by atoms with van der Waals surface area (Å²) in [6, 6.07) is 24.6. The maximum Gasteiger partial charge on any atom is 0.186 e. The average Bonchev–Trinajstić information content (AvgIpc) is 2.55. The minimum atomic E-state index is 0.640. The summed E-state index contributed by atoms with van der Waals surface area (Å²) in [7, 11) is 0. The third-order valence-electron chi connectivity index (χ3n) is 5.06. The van der Waals surface area contributed by atoms with Crippen molar-refractivity contribution in [2.75, 3.05) is 0 Å². The highest BCUT2D eigenvalue weighted by Gasteiger charge is 2.33.